The fourth-order valence-corrected chi connectivity index (χ4v) is 3.63. The van der Waals surface area contributed by atoms with Gasteiger partial charge in [0.1, 0.15) is 5.75 Å². The highest BCUT2D eigenvalue weighted by molar-refractivity contribution is 7.88. The molecule has 0 fully saturated rings. The summed E-state index contributed by atoms with van der Waals surface area (Å²) in [5.74, 6) is 0.556. The molecule has 0 unspecified atom stereocenters. The quantitative estimate of drug-likeness (QED) is 0.627. The SMILES string of the molecule is CNS(=O)(=O)Cc1ccc(CNC(=O)COc2cc(C)c(Cl)cc2C(C)C)cc1. The van der Waals surface area contributed by atoms with E-state index >= 15 is 0 Å². The van der Waals surface area contributed by atoms with E-state index < -0.39 is 10.0 Å². The molecule has 0 aromatic heterocycles. The minimum atomic E-state index is -3.30. The van der Waals surface area contributed by atoms with Gasteiger partial charge in [-0.3, -0.25) is 4.79 Å². The monoisotopic (exact) mass is 438 g/mol. The first-order valence-electron chi connectivity index (χ1n) is 9.30. The Bertz CT molecular complexity index is 957. The lowest BCUT2D eigenvalue weighted by Crippen LogP contribution is -2.28. The Labute approximate surface area is 177 Å². The molecule has 0 heterocycles. The van der Waals surface area contributed by atoms with E-state index in [2.05, 4.69) is 10.0 Å². The van der Waals surface area contributed by atoms with Crippen LogP contribution in [-0.4, -0.2) is 28.0 Å². The fourth-order valence-electron chi connectivity index (χ4n) is 2.69. The summed E-state index contributed by atoms with van der Waals surface area (Å²) in [5.41, 5.74) is 3.40. The smallest absolute Gasteiger partial charge is 0.258 e. The third-order valence-electron chi connectivity index (χ3n) is 4.45. The molecule has 2 N–H and O–H groups in total. The van der Waals surface area contributed by atoms with E-state index in [1.54, 1.807) is 24.3 Å². The van der Waals surface area contributed by atoms with Crippen LogP contribution >= 0.6 is 11.6 Å². The zero-order chi connectivity index (χ0) is 21.6. The highest BCUT2D eigenvalue weighted by Crippen LogP contribution is 2.31. The van der Waals surface area contributed by atoms with E-state index in [9.17, 15) is 13.2 Å². The van der Waals surface area contributed by atoms with Gasteiger partial charge >= 0.3 is 0 Å². The van der Waals surface area contributed by atoms with E-state index in [0.29, 0.717) is 22.9 Å². The van der Waals surface area contributed by atoms with Crippen molar-refractivity contribution < 1.29 is 17.9 Å². The first kappa shape index (κ1) is 23.2. The minimum absolute atomic E-state index is 0.0807. The molecule has 0 aliphatic rings. The summed E-state index contributed by atoms with van der Waals surface area (Å²) in [6.07, 6.45) is 0. The van der Waals surface area contributed by atoms with Crippen LogP contribution in [0.25, 0.3) is 0 Å². The molecule has 2 aromatic rings. The van der Waals surface area contributed by atoms with Gasteiger partial charge in [-0.15, -0.1) is 0 Å². The molecule has 2 aromatic carbocycles. The van der Waals surface area contributed by atoms with Crippen LogP contribution in [0, 0.1) is 6.92 Å². The van der Waals surface area contributed by atoms with Crippen molar-refractivity contribution in [2.45, 2.75) is 39.0 Å². The van der Waals surface area contributed by atoms with E-state index in [1.807, 2.05) is 32.9 Å². The Balaban J connectivity index is 1.90. The Morgan fingerprint density at radius 1 is 1.14 bits per heavy atom. The van der Waals surface area contributed by atoms with Crippen LogP contribution in [0.5, 0.6) is 5.75 Å². The molecule has 0 spiro atoms. The normalized spacial score (nSPS) is 11.5. The topological polar surface area (TPSA) is 84.5 Å². The summed E-state index contributed by atoms with van der Waals surface area (Å²) in [7, 11) is -1.92. The van der Waals surface area contributed by atoms with Gasteiger partial charge in [0.25, 0.3) is 5.91 Å². The first-order valence-corrected chi connectivity index (χ1v) is 11.3. The Morgan fingerprint density at radius 2 is 1.76 bits per heavy atom. The first-order chi connectivity index (χ1) is 13.6. The summed E-state index contributed by atoms with van der Waals surface area (Å²) < 4.78 is 31.2. The predicted molar refractivity (Wildman–Crippen MR) is 116 cm³/mol. The number of nitrogens with one attached hydrogen (secondary N) is 2. The number of sulfonamides is 1. The average molecular weight is 439 g/mol. The van der Waals surface area contributed by atoms with Crippen LogP contribution < -0.4 is 14.8 Å². The van der Waals surface area contributed by atoms with E-state index in [-0.39, 0.29) is 24.2 Å². The number of amides is 1. The molecule has 0 aliphatic carbocycles. The number of halogens is 1. The molecule has 0 radical (unpaired) electrons. The third-order valence-corrected chi connectivity index (χ3v) is 6.19. The lowest BCUT2D eigenvalue weighted by atomic mass is 10.0. The molecule has 0 aliphatic heterocycles. The number of carbonyl (C=O) groups excluding carboxylic acids is 1. The maximum Gasteiger partial charge on any atom is 0.258 e. The molecule has 29 heavy (non-hydrogen) atoms. The Hall–Kier alpha value is -2.09. The summed E-state index contributed by atoms with van der Waals surface area (Å²) in [6.45, 7) is 6.21. The van der Waals surface area contributed by atoms with E-state index in [4.69, 9.17) is 16.3 Å². The second-order valence-corrected chi connectivity index (χ2v) is 9.47. The molecule has 0 saturated heterocycles. The van der Waals surface area contributed by atoms with E-state index in [1.165, 1.54) is 7.05 Å². The van der Waals surface area contributed by atoms with Gasteiger partial charge in [-0.25, -0.2) is 13.1 Å². The molecule has 158 valence electrons. The molecule has 8 heteroatoms. The largest absolute Gasteiger partial charge is 0.483 e. The summed E-state index contributed by atoms with van der Waals surface area (Å²) in [4.78, 5) is 12.2. The minimum Gasteiger partial charge on any atom is -0.483 e. The van der Waals surface area contributed by atoms with Gasteiger partial charge in [0, 0.05) is 11.6 Å². The summed E-state index contributed by atoms with van der Waals surface area (Å²) in [6, 6.07) is 10.8. The number of benzene rings is 2. The van der Waals surface area contributed by atoms with Crippen molar-refractivity contribution in [2.75, 3.05) is 13.7 Å². The van der Waals surface area contributed by atoms with Crippen molar-refractivity contribution in [3.8, 4) is 5.75 Å². The number of ether oxygens (including phenoxy) is 1. The van der Waals surface area contributed by atoms with Gasteiger partial charge in [-0.2, -0.15) is 0 Å². The maximum atomic E-state index is 12.2. The second-order valence-electron chi connectivity index (χ2n) is 7.14. The Morgan fingerprint density at radius 3 is 2.34 bits per heavy atom. The molecule has 2 rings (SSSR count). The highest BCUT2D eigenvalue weighted by atomic mass is 35.5. The standard InChI is InChI=1S/C21H27ClN2O4S/c1-14(2)18-10-19(22)15(3)9-20(18)28-12-21(25)24-11-16-5-7-17(8-6-16)13-29(26,27)23-4/h5-10,14,23H,11-13H2,1-4H3,(H,24,25). The number of hydrogen-bond acceptors (Lipinski definition) is 4. The van der Waals surface area contributed by atoms with Gasteiger partial charge in [-0.1, -0.05) is 49.7 Å². The van der Waals surface area contributed by atoms with Gasteiger partial charge in [0.15, 0.2) is 6.61 Å². The number of aryl methyl sites for hydroxylation is 1. The summed E-state index contributed by atoms with van der Waals surface area (Å²) >= 11 is 6.19. The maximum absolute atomic E-state index is 12.2. The van der Waals surface area contributed by atoms with Crippen LogP contribution in [0.15, 0.2) is 36.4 Å². The van der Waals surface area contributed by atoms with Gasteiger partial charge in [0.05, 0.1) is 5.75 Å². The highest BCUT2D eigenvalue weighted by Gasteiger charge is 2.13. The van der Waals surface area contributed by atoms with Crippen LogP contribution in [0.4, 0.5) is 0 Å². The van der Waals surface area contributed by atoms with Crippen LogP contribution in [-0.2, 0) is 27.1 Å². The fraction of sp³-hybridized carbons (Fsp3) is 0.381. The van der Waals surface area contributed by atoms with Crippen molar-refractivity contribution in [3.05, 3.63) is 63.7 Å². The second kappa shape index (κ2) is 10.1. The number of carbonyl (C=O) groups is 1. The number of rotatable bonds is 9. The van der Waals surface area contributed by atoms with E-state index in [0.717, 1.165) is 16.7 Å². The van der Waals surface area contributed by atoms with Crippen molar-refractivity contribution in [3.63, 3.8) is 0 Å². The third kappa shape index (κ3) is 7.03. The molecule has 1 amide bonds. The van der Waals surface area contributed by atoms with Gasteiger partial charge < -0.3 is 10.1 Å². The van der Waals surface area contributed by atoms with Crippen molar-refractivity contribution in [1.29, 1.82) is 0 Å². The number of hydrogen-bond donors (Lipinski definition) is 2. The Kier molecular flexibility index (Phi) is 8.07. The average Bonchev–Trinajstić information content (AvgIpc) is 2.67. The van der Waals surface area contributed by atoms with Crippen LogP contribution in [0.2, 0.25) is 5.02 Å². The lowest BCUT2D eigenvalue weighted by Gasteiger charge is -2.16. The van der Waals surface area contributed by atoms with Gasteiger partial charge in [-0.05, 0) is 54.3 Å². The molecule has 6 nitrogen and oxygen atoms in total. The van der Waals surface area contributed by atoms with Crippen molar-refractivity contribution >= 4 is 27.5 Å². The molecule has 0 saturated carbocycles. The molecule has 0 atom stereocenters. The lowest BCUT2D eigenvalue weighted by molar-refractivity contribution is -0.123. The van der Waals surface area contributed by atoms with Crippen molar-refractivity contribution in [1.82, 2.24) is 10.0 Å². The van der Waals surface area contributed by atoms with Crippen LogP contribution in [0.3, 0.4) is 0 Å². The van der Waals surface area contributed by atoms with Crippen LogP contribution in [0.1, 0.15) is 42.0 Å². The zero-order valence-corrected chi connectivity index (χ0v) is 18.7. The molecular formula is C21H27ClN2O4S. The predicted octanol–water partition coefficient (Wildman–Crippen LogP) is 3.52. The van der Waals surface area contributed by atoms with Crippen molar-refractivity contribution in [2.24, 2.45) is 0 Å². The molecular weight excluding hydrogens is 412 g/mol. The zero-order valence-electron chi connectivity index (χ0n) is 17.1. The van der Waals surface area contributed by atoms with Gasteiger partial charge in [0.2, 0.25) is 10.0 Å². The summed E-state index contributed by atoms with van der Waals surface area (Å²) in [5, 5.41) is 3.48. The molecule has 0 bridgehead atoms.